The quantitative estimate of drug-likeness (QED) is 0.242. The molecule has 226 valence electrons. The highest BCUT2D eigenvalue weighted by atomic mass is 32.2. The summed E-state index contributed by atoms with van der Waals surface area (Å²) in [6, 6.07) is 17.6. The molecule has 11 heteroatoms. The fourth-order valence-electron chi connectivity index (χ4n) is 4.14. The Morgan fingerprint density at radius 3 is 2.19 bits per heavy atom. The van der Waals surface area contributed by atoms with Gasteiger partial charge in [0.1, 0.15) is 24.2 Å². The van der Waals surface area contributed by atoms with Gasteiger partial charge >= 0.3 is 0 Å². The summed E-state index contributed by atoms with van der Waals surface area (Å²) in [4.78, 5) is 29.2. The topological polar surface area (TPSA) is 96.0 Å². The van der Waals surface area contributed by atoms with Crippen LogP contribution < -0.4 is 14.4 Å². The van der Waals surface area contributed by atoms with Gasteiger partial charge in [-0.3, -0.25) is 13.9 Å². The number of benzene rings is 3. The summed E-state index contributed by atoms with van der Waals surface area (Å²) in [5.74, 6) is -1.07. The van der Waals surface area contributed by atoms with Crippen LogP contribution in [-0.4, -0.2) is 56.6 Å². The number of nitrogens with one attached hydrogen (secondary N) is 1. The van der Waals surface area contributed by atoms with Gasteiger partial charge in [0.05, 0.1) is 17.2 Å². The van der Waals surface area contributed by atoms with E-state index in [1.165, 1.54) is 47.0 Å². The number of carbonyl (C=O) groups is 2. The van der Waals surface area contributed by atoms with E-state index in [1.807, 2.05) is 27.0 Å². The Kier molecular flexibility index (Phi) is 11.8. The smallest absolute Gasteiger partial charge is 0.264 e. The zero-order valence-corrected chi connectivity index (χ0v) is 26.2. The lowest BCUT2D eigenvalue weighted by atomic mass is 10.1. The third-order valence-corrected chi connectivity index (χ3v) is 9.36. The van der Waals surface area contributed by atoms with Crippen LogP contribution in [0.15, 0.2) is 82.6 Å². The van der Waals surface area contributed by atoms with Crippen LogP contribution in [-0.2, 0) is 26.2 Å². The number of halogens is 1. The van der Waals surface area contributed by atoms with E-state index >= 15 is 0 Å². The van der Waals surface area contributed by atoms with Crippen molar-refractivity contribution in [3.63, 3.8) is 0 Å². The number of sulfonamides is 1. The minimum Gasteiger partial charge on any atom is -0.494 e. The van der Waals surface area contributed by atoms with Gasteiger partial charge in [-0.2, -0.15) is 0 Å². The van der Waals surface area contributed by atoms with Gasteiger partial charge in [-0.1, -0.05) is 25.1 Å². The fraction of sp³-hybridized carbons (Fsp3) is 0.355. The van der Waals surface area contributed by atoms with Crippen LogP contribution >= 0.6 is 11.8 Å². The normalized spacial score (nSPS) is 12.7. The summed E-state index contributed by atoms with van der Waals surface area (Å²) in [6.45, 7) is 6.75. The van der Waals surface area contributed by atoms with Crippen molar-refractivity contribution < 1.29 is 27.1 Å². The number of anilines is 1. The predicted octanol–water partition coefficient (Wildman–Crippen LogP) is 5.47. The van der Waals surface area contributed by atoms with Crippen molar-refractivity contribution in [3.8, 4) is 5.75 Å². The molecule has 3 aromatic carbocycles. The van der Waals surface area contributed by atoms with Crippen LogP contribution in [0, 0.1) is 5.82 Å². The van der Waals surface area contributed by atoms with Gasteiger partial charge in [0, 0.05) is 23.0 Å². The zero-order valence-electron chi connectivity index (χ0n) is 24.5. The van der Waals surface area contributed by atoms with Crippen LogP contribution in [0.2, 0.25) is 0 Å². The second-order valence-electron chi connectivity index (χ2n) is 9.72. The van der Waals surface area contributed by atoms with E-state index in [4.69, 9.17) is 4.74 Å². The summed E-state index contributed by atoms with van der Waals surface area (Å²) in [5, 5.41) is 2.86. The van der Waals surface area contributed by atoms with E-state index in [-0.39, 0.29) is 28.7 Å². The Bertz CT molecular complexity index is 1450. The minimum atomic E-state index is -4.22. The first-order chi connectivity index (χ1) is 20.0. The zero-order chi connectivity index (χ0) is 30.9. The number of ether oxygens (including phenoxy) is 1. The van der Waals surface area contributed by atoms with Crippen LogP contribution in [0.5, 0.6) is 5.75 Å². The number of hydrogen-bond donors (Lipinski definition) is 1. The molecule has 0 saturated heterocycles. The van der Waals surface area contributed by atoms with Gasteiger partial charge in [0.25, 0.3) is 10.0 Å². The van der Waals surface area contributed by atoms with Gasteiger partial charge in [0.15, 0.2) is 0 Å². The number of carbonyl (C=O) groups excluding carboxylic acids is 2. The second kappa shape index (κ2) is 15.1. The van der Waals surface area contributed by atoms with Crippen LogP contribution in [0.3, 0.4) is 0 Å². The molecule has 2 amide bonds. The maximum atomic E-state index is 14.7. The molecule has 0 spiro atoms. The highest BCUT2D eigenvalue weighted by Gasteiger charge is 2.33. The number of hydrogen-bond acceptors (Lipinski definition) is 6. The number of nitrogens with zero attached hydrogens (tertiary/aromatic N) is 2. The molecular weight excluding hydrogens is 577 g/mol. The molecule has 0 bridgehead atoms. The fourth-order valence-corrected chi connectivity index (χ4v) is 5.96. The summed E-state index contributed by atoms with van der Waals surface area (Å²) in [7, 11) is -4.22. The van der Waals surface area contributed by atoms with E-state index in [9.17, 15) is 22.4 Å². The molecule has 0 aromatic heterocycles. The Morgan fingerprint density at radius 1 is 0.976 bits per heavy atom. The second-order valence-corrected chi connectivity index (χ2v) is 12.5. The summed E-state index contributed by atoms with van der Waals surface area (Å²) in [6.07, 6.45) is 2.57. The molecule has 0 aliphatic carbocycles. The highest BCUT2D eigenvalue weighted by Crippen LogP contribution is 2.28. The van der Waals surface area contributed by atoms with Gasteiger partial charge in [0.2, 0.25) is 11.8 Å². The summed E-state index contributed by atoms with van der Waals surface area (Å²) < 4.78 is 49.2. The van der Waals surface area contributed by atoms with E-state index in [0.717, 1.165) is 9.20 Å². The Morgan fingerprint density at radius 2 is 1.62 bits per heavy atom. The molecule has 0 saturated carbocycles. The van der Waals surface area contributed by atoms with Crippen molar-refractivity contribution in [1.29, 1.82) is 0 Å². The minimum absolute atomic E-state index is 0.00482. The Hall–Kier alpha value is -3.57. The van der Waals surface area contributed by atoms with Gasteiger partial charge in [-0.25, -0.2) is 12.8 Å². The number of thioether (sulfide) groups is 1. The molecular formula is C31H38FN3O5S2. The van der Waals surface area contributed by atoms with Crippen LogP contribution in [0.1, 0.15) is 39.7 Å². The molecule has 8 nitrogen and oxygen atoms in total. The van der Waals surface area contributed by atoms with Gasteiger partial charge < -0.3 is 15.0 Å². The summed E-state index contributed by atoms with van der Waals surface area (Å²) >= 11 is 1.48. The third kappa shape index (κ3) is 8.25. The van der Waals surface area contributed by atoms with Crippen molar-refractivity contribution in [2.45, 2.75) is 62.5 Å². The number of amides is 2. The van der Waals surface area contributed by atoms with Crippen molar-refractivity contribution in [1.82, 2.24) is 10.2 Å². The first-order valence-electron chi connectivity index (χ1n) is 13.7. The maximum Gasteiger partial charge on any atom is 0.264 e. The van der Waals surface area contributed by atoms with Gasteiger partial charge in [-0.15, -0.1) is 11.8 Å². The first kappa shape index (κ1) is 32.9. The van der Waals surface area contributed by atoms with Crippen molar-refractivity contribution >= 4 is 39.3 Å². The van der Waals surface area contributed by atoms with Crippen molar-refractivity contribution in [2.24, 2.45) is 0 Å². The lowest BCUT2D eigenvalue weighted by Gasteiger charge is -2.32. The molecule has 0 fully saturated rings. The van der Waals surface area contributed by atoms with Gasteiger partial charge in [-0.05, 0) is 88.0 Å². The molecule has 0 unspecified atom stereocenters. The standard InChI is InChI=1S/C31H38FN3O5S2/c1-6-22(3)33-31(37)23(4)34(20-24-10-8-9-11-29(24)32)30(36)21-35(25-12-14-26(15-13-25)40-7-2)42(38,39)28-18-16-27(41-5)17-19-28/h8-19,22-23H,6-7,20-21H2,1-5H3,(H,33,37)/t22-,23-/m1/s1. The van der Waals surface area contributed by atoms with E-state index in [1.54, 1.807) is 49.4 Å². The molecule has 42 heavy (non-hydrogen) atoms. The lowest BCUT2D eigenvalue weighted by molar-refractivity contribution is -0.139. The van der Waals surface area contributed by atoms with Crippen molar-refractivity contribution in [3.05, 3.63) is 84.2 Å². The average molecular weight is 616 g/mol. The summed E-state index contributed by atoms with van der Waals surface area (Å²) in [5.41, 5.74) is 0.445. The molecule has 3 rings (SSSR count). The van der Waals surface area contributed by atoms with E-state index < -0.39 is 40.2 Å². The largest absolute Gasteiger partial charge is 0.494 e. The predicted molar refractivity (Wildman–Crippen MR) is 165 cm³/mol. The maximum absolute atomic E-state index is 14.7. The Labute approximate surface area is 252 Å². The molecule has 0 aliphatic heterocycles. The number of rotatable bonds is 14. The molecule has 3 aromatic rings. The molecule has 2 atom stereocenters. The third-order valence-electron chi connectivity index (χ3n) is 6.83. The van der Waals surface area contributed by atoms with E-state index in [0.29, 0.717) is 18.8 Å². The first-order valence-corrected chi connectivity index (χ1v) is 16.4. The monoisotopic (exact) mass is 615 g/mol. The van der Waals surface area contributed by atoms with Crippen LogP contribution in [0.25, 0.3) is 0 Å². The molecule has 0 radical (unpaired) electrons. The lowest BCUT2D eigenvalue weighted by Crippen LogP contribution is -2.52. The van der Waals surface area contributed by atoms with E-state index in [2.05, 4.69) is 5.32 Å². The highest BCUT2D eigenvalue weighted by molar-refractivity contribution is 7.98. The Balaban J connectivity index is 2.04. The molecule has 1 N–H and O–H groups in total. The molecule has 0 heterocycles. The molecule has 0 aliphatic rings. The SMILES string of the molecule is CCOc1ccc(N(CC(=O)N(Cc2ccccc2F)[C@H](C)C(=O)N[C@H](C)CC)S(=O)(=O)c2ccc(SC)cc2)cc1. The van der Waals surface area contributed by atoms with Crippen molar-refractivity contribution in [2.75, 3.05) is 23.7 Å². The average Bonchev–Trinajstić information content (AvgIpc) is 2.99. The van der Waals surface area contributed by atoms with Crippen LogP contribution in [0.4, 0.5) is 10.1 Å².